The van der Waals surface area contributed by atoms with E-state index in [4.69, 9.17) is 0 Å². The quantitative estimate of drug-likeness (QED) is 0.854. The van der Waals surface area contributed by atoms with E-state index in [1.807, 2.05) is 11.9 Å². The third kappa shape index (κ3) is 5.17. The average Bonchev–Trinajstić information content (AvgIpc) is 2.59. The van der Waals surface area contributed by atoms with Crippen molar-refractivity contribution in [2.45, 2.75) is 25.9 Å². The average molecular weight is 352 g/mol. The van der Waals surface area contributed by atoms with E-state index in [-0.39, 0.29) is 11.4 Å². The number of carbonyl (C=O) groups excluding carboxylic acids is 1. The second kappa shape index (κ2) is 7.96. The monoisotopic (exact) mass is 352 g/mol. The molecule has 0 aliphatic carbocycles. The zero-order chi connectivity index (χ0) is 18.4. The minimum absolute atomic E-state index is 0.0325. The minimum Gasteiger partial charge on any atom is -0.358 e. The lowest BCUT2D eigenvalue weighted by atomic mass is 10.2. The SMILES string of the molecule is CCCCN(C)c1ccc(C(=O)Nc2cccc(C(F)(F)F)c2)nn1. The van der Waals surface area contributed by atoms with Crippen LogP contribution in [0, 0.1) is 0 Å². The largest absolute Gasteiger partial charge is 0.416 e. The second-order valence-electron chi connectivity index (χ2n) is 5.58. The van der Waals surface area contributed by atoms with Crippen molar-refractivity contribution in [1.82, 2.24) is 10.2 Å². The Labute approximate surface area is 143 Å². The van der Waals surface area contributed by atoms with Gasteiger partial charge in [0.2, 0.25) is 0 Å². The minimum atomic E-state index is -4.47. The first-order valence-corrected chi connectivity index (χ1v) is 7.84. The second-order valence-corrected chi connectivity index (χ2v) is 5.58. The molecule has 1 heterocycles. The molecule has 2 rings (SSSR count). The smallest absolute Gasteiger partial charge is 0.358 e. The summed E-state index contributed by atoms with van der Waals surface area (Å²) in [6, 6.07) is 7.58. The molecule has 0 bridgehead atoms. The van der Waals surface area contributed by atoms with Gasteiger partial charge in [-0.05, 0) is 36.8 Å². The van der Waals surface area contributed by atoms with E-state index in [0.717, 1.165) is 31.5 Å². The number of nitrogens with one attached hydrogen (secondary N) is 1. The molecule has 0 unspecified atom stereocenters. The van der Waals surface area contributed by atoms with Gasteiger partial charge in [0.1, 0.15) is 0 Å². The van der Waals surface area contributed by atoms with Crippen LogP contribution in [0.1, 0.15) is 35.8 Å². The molecule has 0 radical (unpaired) electrons. The van der Waals surface area contributed by atoms with Gasteiger partial charge in [-0.15, -0.1) is 10.2 Å². The molecule has 0 saturated heterocycles. The number of nitrogens with zero attached hydrogens (tertiary/aromatic N) is 3. The molecule has 1 aromatic heterocycles. The van der Waals surface area contributed by atoms with Gasteiger partial charge in [-0.3, -0.25) is 4.79 Å². The molecule has 0 saturated carbocycles. The number of anilines is 2. The highest BCUT2D eigenvalue weighted by Crippen LogP contribution is 2.30. The zero-order valence-electron chi connectivity index (χ0n) is 14.0. The molecule has 5 nitrogen and oxygen atoms in total. The summed E-state index contributed by atoms with van der Waals surface area (Å²) >= 11 is 0. The van der Waals surface area contributed by atoms with Crippen LogP contribution < -0.4 is 10.2 Å². The molecule has 8 heteroatoms. The van der Waals surface area contributed by atoms with Crippen molar-refractivity contribution in [1.29, 1.82) is 0 Å². The number of rotatable bonds is 6. The number of halogens is 3. The summed E-state index contributed by atoms with van der Waals surface area (Å²) in [5.74, 6) is 0.0126. The van der Waals surface area contributed by atoms with E-state index < -0.39 is 17.6 Å². The van der Waals surface area contributed by atoms with Crippen LogP contribution in [0.25, 0.3) is 0 Å². The van der Waals surface area contributed by atoms with Crippen LogP contribution in [0.3, 0.4) is 0 Å². The van der Waals surface area contributed by atoms with Crippen molar-refractivity contribution in [3.63, 3.8) is 0 Å². The van der Waals surface area contributed by atoms with E-state index in [2.05, 4.69) is 22.4 Å². The third-order valence-corrected chi connectivity index (χ3v) is 3.57. The third-order valence-electron chi connectivity index (χ3n) is 3.57. The van der Waals surface area contributed by atoms with Crippen LogP contribution in [0.5, 0.6) is 0 Å². The van der Waals surface area contributed by atoms with Crippen molar-refractivity contribution < 1.29 is 18.0 Å². The standard InChI is InChI=1S/C17H19F3N4O/c1-3-4-10-24(2)15-9-8-14(22-23-15)16(25)21-13-7-5-6-12(11-13)17(18,19)20/h5-9,11H,3-4,10H2,1-2H3,(H,21,25). The zero-order valence-corrected chi connectivity index (χ0v) is 14.0. The van der Waals surface area contributed by atoms with Crippen LogP contribution >= 0.6 is 0 Å². The summed E-state index contributed by atoms with van der Waals surface area (Å²) in [6.07, 6.45) is -2.41. The van der Waals surface area contributed by atoms with Crippen molar-refractivity contribution >= 4 is 17.4 Å². The van der Waals surface area contributed by atoms with Gasteiger partial charge in [-0.2, -0.15) is 13.2 Å². The van der Waals surface area contributed by atoms with Gasteiger partial charge in [-0.1, -0.05) is 19.4 Å². The van der Waals surface area contributed by atoms with Crippen LogP contribution in [0.15, 0.2) is 36.4 Å². The molecule has 134 valence electrons. The number of aromatic nitrogens is 2. The van der Waals surface area contributed by atoms with Gasteiger partial charge in [0.25, 0.3) is 5.91 Å². The van der Waals surface area contributed by atoms with Crippen LogP contribution in [-0.2, 0) is 6.18 Å². The predicted octanol–water partition coefficient (Wildman–Crippen LogP) is 3.98. The van der Waals surface area contributed by atoms with Crippen LogP contribution in [0.4, 0.5) is 24.7 Å². The first-order valence-electron chi connectivity index (χ1n) is 7.84. The maximum absolute atomic E-state index is 12.7. The number of alkyl halides is 3. The molecule has 25 heavy (non-hydrogen) atoms. The van der Waals surface area contributed by atoms with E-state index >= 15 is 0 Å². The molecule has 1 amide bonds. The van der Waals surface area contributed by atoms with E-state index in [0.29, 0.717) is 5.82 Å². The Morgan fingerprint density at radius 3 is 2.56 bits per heavy atom. The summed E-state index contributed by atoms with van der Waals surface area (Å²) in [7, 11) is 1.88. The number of hydrogen-bond acceptors (Lipinski definition) is 4. The number of unbranched alkanes of at least 4 members (excludes halogenated alkanes) is 1. The molecule has 0 atom stereocenters. The van der Waals surface area contributed by atoms with Gasteiger partial charge in [0, 0.05) is 19.3 Å². The predicted molar refractivity (Wildman–Crippen MR) is 89.6 cm³/mol. The Hall–Kier alpha value is -2.64. The summed E-state index contributed by atoms with van der Waals surface area (Å²) in [5.41, 5.74) is -0.750. The molecule has 0 spiro atoms. The topological polar surface area (TPSA) is 58.1 Å². The highest BCUT2D eigenvalue weighted by atomic mass is 19.4. The fraction of sp³-hybridized carbons (Fsp3) is 0.353. The summed E-state index contributed by atoms with van der Waals surface area (Å²) < 4.78 is 38.1. The summed E-state index contributed by atoms with van der Waals surface area (Å²) in [6.45, 7) is 2.90. The Morgan fingerprint density at radius 1 is 1.20 bits per heavy atom. The van der Waals surface area contributed by atoms with Gasteiger partial charge in [-0.25, -0.2) is 0 Å². The maximum Gasteiger partial charge on any atom is 0.416 e. The van der Waals surface area contributed by atoms with Crippen molar-refractivity contribution in [2.75, 3.05) is 23.8 Å². The van der Waals surface area contributed by atoms with Crippen molar-refractivity contribution in [3.05, 3.63) is 47.7 Å². The van der Waals surface area contributed by atoms with Gasteiger partial charge in [0.05, 0.1) is 5.56 Å². The Balaban J connectivity index is 2.06. The molecule has 2 aromatic rings. The first-order chi connectivity index (χ1) is 11.8. The summed E-state index contributed by atoms with van der Waals surface area (Å²) in [5, 5.41) is 10.2. The molecule has 1 aromatic carbocycles. The molecule has 0 aliphatic rings. The van der Waals surface area contributed by atoms with Crippen molar-refractivity contribution in [3.8, 4) is 0 Å². The molecule has 0 aliphatic heterocycles. The highest BCUT2D eigenvalue weighted by molar-refractivity contribution is 6.02. The fourth-order valence-electron chi connectivity index (χ4n) is 2.13. The first kappa shape index (κ1) is 18.7. The Kier molecular flexibility index (Phi) is 5.95. The lowest BCUT2D eigenvalue weighted by molar-refractivity contribution is -0.137. The fourth-order valence-corrected chi connectivity index (χ4v) is 2.13. The van der Waals surface area contributed by atoms with E-state index in [1.165, 1.54) is 18.2 Å². The lowest BCUT2D eigenvalue weighted by Gasteiger charge is -2.16. The number of amides is 1. The number of benzene rings is 1. The lowest BCUT2D eigenvalue weighted by Crippen LogP contribution is -2.21. The molecular formula is C17H19F3N4O. The molecule has 1 N–H and O–H groups in total. The van der Waals surface area contributed by atoms with Crippen LogP contribution in [0.2, 0.25) is 0 Å². The van der Waals surface area contributed by atoms with Gasteiger partial charge in [0.15, 0.2) is 11.5 Å². The number of hydrogen-bond donors (Lipinski definition) is 1. The normalized spacial score (nSPS) is 11.2. The highest BCUT2D eigenvalue weighted by Gasteiger charge is 2.30. The summed E-state index contributed by atoms with van der Waals surface area (Å²) in [4.78, 5) is 14.0. The van der Waals surface area contributed by atoms with Gasteiger partial charge >= 0.3 is 6.18 Å². The van der Waals surface area contributed by atoms with Gasteiger partial charge < -0.3 is 10.2 Å². The number of carbonyl (C=O) groups is 1. The molecule has 0 fully saturated rings. The van der Waals surface area contributed by atoms with Crippen LogP contribution in [-0.4, -0.2) is 29.7 Å². The van der Waals surface area contributed by atoms with E-state index in [1.54, 1.807) is 6.07 Å². The Bertz CT molecular complexity index is 717. The van der Waals surface area contributed by atoms with Crippen molar-refractivity contribution in [2.24, 2.45) is 0 Å². The van der Waals surface area contributed by atoms with E-state index in [9.17, 15) is 18.0 Å². The molecular weight excluding hydrogens is 333 g/mol. The Morgan fingerprint density at radius 2 is 1.96 bits per heavy atom. The maximum atomic E-state index is 12.7.